The molecule has 0 aliphatic carbocycles. The number of phenols is 1. The predicted octanol–water partition coefficient (Wildman–Crippen LogP) is 8.73. The minimum absolute atomic E-state index is 0.0250. The predicted molar refractivity (Wildman–Crippen MR) is 177 cm³/mol. The van der Waals surface area contributed by atoms with Crippen LogP contribution in [0.1, 0.15) is 20.8 Å². The van der Waals surface area contributed by atoms with Crippen LogP contribution in [-0.2, 0) is 14.4 Å². The van der Waals surface area contributed by atoms with Crippen LogP contribution in [0.5, 0.6) is 46.0 Å². The van der Waals surface area contributed by atoms with Crippen molar-refractivity contribution in [3.05, 3.63) is 121 Å². The molecule has 0 aliphatic rings. The summed E-state index contributed by atoms with van der Waals surface area (Å²) in [6, 6.07) is 23.1. The highest BCUT2D eigenvalue weighted by Crippen LogP contribution is 2.46. The number of benzene rings is 5. The molecule has 0 atom stereocenters. The molecule has 0 unspecified atom stereocenters. The van der Waals surface area contributed by atoms with Gasteiger partial charge in [0, 0.05) is 45.0 Å². The number of aromatic hydroxyl groups is 1. The minimum Gasteiger partial charge on any atom is -0.507 e. The summed E-state index contributed by atoms with van der Waals surface area (Å²) in [6.07, 6.45) is 0. The molecule has 0 fully saturated rings. The van der Waals surface area contributed by atoms with Gasteiger partial charge in [0.05, 0.1) is 0 Å². The monoisotopic (exact) mass is 630 g/mol. The third kappa shape index (κ3) is 7.15. The zero-order valence-corrected chi connectivity index (χ0v) is 25.9. The summed E-state index contributed by atoms with van der Waals surface area (Å²) in [5.74, 6) is -1.10. The number of fused-ring (bicyclic) bond motifs is 2. The van der Waals surface area contributed by atoms with Crippen molar-refractivity contribution in [2.24, 2.45) is 0 Å². The molecule has 9 heteroatoms. The number of hydrogen-bond donors (Lipinski definition) is 1. The first-order valence-corrected chi connectivity index (χ1v) is 14.3. The van der Waals surface area contributed by atoms with E-state index in [0.29, 0.717) is 27.7 Å². The molecule has 0 aromatic heterocycles. The zero-order chi connectivity index (χ0) is 33.8. The molecule has 5 aromatic carbocycles. The van der Waals surface area contributed by atoms with E-state index < -0.39 is 17.9 Å². The van der Waals surface area contributed by atoms with Crippen molar-refractivity contribution in [3.63, 3.8) is 0 Å². The Morgan fingerprint density at radius 1 is 0.532 bits per heavy atom. The van der Waals surface area contributed by atoms with E-state index in [2.05, 4.69) is 19.7 Å². The average molecular weight is 631 g/mol. The third-order valence-electron chi connectivity index (χ3n) is 6.77. The van der Waals surface area contributed by atoms with Gasteiger partial charge in [-0.15, -0.1) is 0 Å². The summed E-state index contributed by atoms with van der Waals surface area (Å²) in [7, 11) is 0. The summed E-state index contributed by atoms with van der Waals surface area (Å²) in [5.41, 5.74) is 0.543. The van der Waals surface area contributed by atoms with Crippen molar-refractivity contribution in [3.8, 4) is 46.0 Å². The third-order valence-corrected chi connectivity index (χ3v) is 6.77. The van der Waals surface area contributed by atoms with Crippen molar-refractivity contribution in [2.75, 3.05) is 0 Å². The number of phenolic OH excluding ortho intramolecular Hbond substituents is 1. The van der Waals surface area contributed by atoms with E-state index in [9.17, 15) is 19.5 Å². The van der Waals surface area contributed by atoms with Crippen LogP contribution in [0.4, 0.5) is 0 Å². The van der Waals surface area contributed by atoms with Gasteiger partial charge in [-0.1, -0.05) is 62.2 Å². The Kier molecular flexibility index (Phi) is 9.09. The lowest BCUT2D eigenvalue weighted by Gasteiger charge is -2.18. The first kappa shape index (κ1) is 32.1. The van der Waals surface area contributed by atoms with E-state index in [1.807, 2.05) is 6.07 Å². The summed E-state index contributed by atoms with van der Waals surface area (Å²) in [6.45, 7) is 15.5. The van der Waals surface area contributed by atoms with Crippen molar-refractivity contribution in [1.29, 1.82) is 0 Å². The second-order valence-corrected chi connectivity index (χ2v) is 10.7. The maximum Gasteiger partial charge on any atom is 0.338 e. The van der Waals surface area contributed by atoms with Gasteiger partial charge in [-0.05, 0) is 56.5 Å². The largest absolute Gasteiger partial charge is 0.507 e. The van der Waals surface area contributed by atoms with Crippen LogP contribution in [0.2, 0.25) is 0 Å². The lowest BCUT2D eigenvalue weighted by Crippen LogP contribution is -2.10. The van der Waals surface area contributed by atoms with Gasteiger partial charge in [0.15, 0.2) is 23.0 Å². The summed E-state index contributed by atoms with van der Waals surface area (Å²) < 4.78 is 29.0. The molecule has 5 rings (SSSR count). The van der Waals surface area contributed by atoms with Gasteiger partial charge in [-0.25, -0.2) is 14.4 Å². The quantitative estimate of drug-likeness (QED) is 0.0918. The van der Waals surface area contributed by atoms with Crippen molar-refractivity contribution < 1.29 is 43.2 Å². The molecule has 47 heavy (non-hydrogen) atoms. The van der Waals surface area contributed by atoms with E-state index in [1.165, 1.54) is 32.0 Å². The van der Waals surface area contributed by atoms with Gasteiger partial charge >= 0.3 is 17.9 Å². The van der Waals surface area contributed by atoms with Crippen molar-refractivity contribution >= 4 is 39.5 Å². The number of rotatable bonds is 10. The van der Waals surface area contributed by atoms with Crippen LogP contribution >= 0.6 is 0 Å². The first-order valence-electron chi connectivity index (χ1n) is 14.3. The van der Waals surface area contributed by atoms with Gasteiger partial charge in [0.25, 0.3) is 0 Å². The topological polar surface area (TPSA) is 118 Å². The molecule has 0 saturated heterocycles. The Balaban J connectivity index is 1.56. The molecule has 0 amide bonds. The molecule has 1 N–H and O–H groups in total. The van der Waals surface area contributed by atoms with Gasteiger partial charge in [0.2, 0.25) is 0 Å². The highest BCUT2D eigenvalue weighted by molar-refractivity contribution is 5.99. The molecule has 236 valence electrons. The molecule has 0 bridgehead atoms. The van der Waals surface area contributed by atoms with Crippen LogP contribution in [0.15, 0.2) is 121 Å². The second kappa shape index (κ2) is 13.3. The minimum atomic E-state index is -0.726. The zero-order valence-electron chi connectivity index (χ0n) is 25.9. The maximum atomic E-state index is 12.7. The number of hydrogen-bond acceptors (Lipinski definition) is 9. The van der Waals surface area contributed by atoms with Crippen molar-refractivity contribution in [2.45, 2.75) is 20.8 Å². The molecule has 9 nitrogen and oxygen atoms in total. The van der Waals surface area contributed by atoms with Gasteiger partial charge in [-0.3, -0.25) is 0 Å². The highest BCUT2D eigenvalue weighted by Gasteiger charge is 2.21. The van der Waals surface area contributed by atoms with E-state index in [4.69, 9.17) is 23.7 Å². The lowest BCUT2D eigenvalue weighted by atomic mass is 10.1. The number of carbonyl (C=O) groups is 3. The van der Waals surface area contributed by atoms with Crippen LogP contribution in [0.3, 0.4) is 0 Å². The van der Waals surface area contributed by atoms with Crippen LogP contribution in [0.25, 0.3) is 21.5 Å². The fraction of sp³-hybridized carbons (Fsp3) is 0.0789. The number of ether oxygens (including phenoxy) is 5. The van der Waals surface area contributed by atoms with Gasteiger partial charge < -0.3 is 28.8 Å². The summed E-state index contributed by atoms with van der Waals surface area (Å²) in [4.78, 5) is 37.3. The molecule has 0 saturated carbocycles. The van der Waals surface area contributed by atoms with E-state index >= 15 is 0 Å². The maximum absolute atomic E-state index is 12.7. The van der Waals surface area contributed by atoms with Crippen LogP contribution in [-0.4, -0.2) is 23.0 Å². The van der Waals surface area contributed by atoms with E-state index in [-0.39, 0.29) is 51.2 Å². The molecule has 0 aliphatic heterocycles. The normalized spacial score (nSPS) is 10.6. The first-order chi connectivity index (χ1) is 22.4. The summed E-state index contributed by atoms with van der Waals surface area (Å²) in [5, 5.41) is 13.1. The second-order valence-electron chi connectivity index (χ2n) is 10.7. The van der Waals surface area contributed by atoms with Crippen LogP contribution < -0.4 is 23.7 Å². The highest BCUT2D eigenvalue weighted by atomic mass is 16.6. The Morgan fingerprint density at radius 2 is 1.17 bits per heavy atom. The Hall–Kier alpha value is -6.35. The molecule has 0 heterocycles. The molecule has 0 radical (unpaired) electrons. The fourth-order valence-electron chi connectivity index (χ4n) is 4.38. The molecular weight excluding hydrogens is 600 g/mol. The summed E-state index contributed by atoms with van der Waals surface area (Å²) >= 11 is 0. The fourth-order valence-corrected chi connectivity index (χ4v) is 4.38. The smallest absolute Gasteiger partial charge is 0.338 e. The number of esters is 3. The Morgan fingerprint density at radius 3 is 1.87 bits per heavy atom. The Bertz CT molecular complexity index is 2120. The van der Waals surface area contributed by atoms with E-state index in [1.54, 1.807) is 67.6 Å². The number of carbonyl (C=O) groups excluding carboxylic acids is 3. The molecule has 5 aromatic rings. The Labute approximate surface area is 270 Å². The van der Waals surface area contributed by atoms with Gasteiger partial charge in [0.1, 0.15) is 23.0 Å². The average Bonchev–Trinajstić information content (AvgIpc) is 3.04. The van der Waals surface area contributed by atoms with E-state index in [0.717, 1.165) is 5.39 Å². The van der Waals surface area contributed by atoms with Crippen LogP contribution in [0, 0.1) is 0 Å². The lowest BCUT2D eigenvalue weighted by molar-refractivity contribution is -0.131. The standard InChI is InChI=1S/C38H30O9/c1-21(2)36(40)44-25-15-14-24-10-9-13-31(29(24)18-25)43-26-16-17-32(33(19-26)46-37(41)22(3)4)45-34-20-30(39)27-11-7-8-12-28(27)35(34)47-38(42)23(5)6/h7-20,39H,1,3,5H2,2,4,6H3. The van der Waals surface area contributed by atoms with Crippen molar-refractivity contribution in [1.82, 2.24) is 0 Å². The van der Waals surface area contributed by atoms with Gasteiger partial charge in [-0.2, -0.15) is 0 Å². The SMILES string of the molecule is C=C(C)C(=O)Oc1ccc2cccc(Oc3ccc(Oc4cc(O)c5ccccc5c4OC(=O)C(=C)C)c(OC(=O)C(=C)C)c3)c2c1. The molecule has 0 spiro atoms. The molecular formula is C38H30O9.